The molecule has 0 aliphatic heterocycles. The zero-order valence-electron chi connectivity index (χ0n) is 11.8. The van der Waals surface area contributed by atoms with Crippen LogP contribution in [0.25, 0.3) is 0 Å². The molecule has 0 saturated heterocycles. The molecule has 1 unspecified atom stereocenters. The summed E-state index contributed by atoms with van der Waals surface area (Å²) >= 11 is 5.87. The number of halogens is 1. The average molecular weight is 292 g/mol. The number of anilines is 1. The first-order valence-corrected chi connectivity index (χ1v) is 6.96. The molecule has 0 fully saturated rings. The molecule has 0 saturated carbocycles. The molecule has 1 atom stereocenters. The van der Waals surface area contributed by atoms with E-state index in [1.807, 2.05) is 45.0 Å². The van der Waals surface area contributed by atoms with E-state index in [9.17, 15) is 4.79 Å². The van der Waals surface area contributed by atoms with Crippen LogP contribution in [-0.4, -0.2) is 9.55 Å². The number of benzene rings is 1. The van der Waals surface area contributed by atoms with Crippen molar-refractivity contribution >= 4 is 17.4 Å². The molecule has 20 heavy (non-hydrogen) atoms. The van der Waals surface area contributed by atoms with Crippen LogP contribution < -0.4 is 10.9 Å². The predicted molar refractivity (Wildman–Crippen MR) is 82.4 cm³/mol. The molecule has 0 aliphatic carbocycles. The molecule has 106 valence electrons. The van der Waals surface area contributed by atoms with Crippen molar-refractivity contribution in [3.8, 4) is 0 Å². The van der Waals surface area contributed by atoms with Crippen molar-refractivity contribution in [2.24, 2.45) is 0 Å². The van der Waals surface area contributed by atoms with Gasteiger partial charge in [0.25, 0.3) is 5.56 Å². The first-order chi connectivity index (χ1) is 9.49. The topological polar surface area (TPSA) is 46.9 Å². The van der Waals surface area contributed by atoms with Gasteiger partial charge in [-0.3, -0.25) is 4.79 Å². The van der Waals surface area contributed by atoms with E-state index in [4.69, 9.17) is 11.6 Å². The van der Waals surface area contributed by atoms with Crippen molar-refractivity contribution < 1.29 is 0 Å². The number of nitrogens with one attached hydrogen (secondary N) is 1. The van der Waals surface area contributed by atoms with Crippen molar-refractivity contribution in [3.63, 3.8) is 0 Å². The fraction of sp³-hybridized carbons (Fsp3) is 0.333. The third-order valence-electron chi connectivity index (χ3n) is 3.15. The number of hydrogen-bond donors (Lipinski definition) is 1. The Balaban J connectivity index is 2.24. The lowest BCUT2D eigenvalue weighted by atomic mass is 10.1. The van der Waals surface area contributed by atoms with Gasteiger partial charge in [0.15, 0.2) is 5.82 Å². The Morgan fingerprint density at radius 1 is 1.20 bits per heavy atom. The van der Waals surface area contributed by atoms with E-state index in [0.29, 0.717) is 10.8 Å². The van der Waals surface area contributed by atoms with E-state index in [-0.39, 0.29) is 17.6 Å². The molecular formula is C15H18ClN3O. The standard InChI is InChI=1S/C15H18ClN3O/c1-10(2)19-9-8-17-14(15(19)20)18-11(3)12-4-6-13(16)7-5-12/h4-11H,1-3H3,(H,17,18). The fourth-order valence-corrected chi connectivity index (χ4v) is 2.10. The van der Waals surface area contributed by atoms with Crippen LogP contribution in [0.1, 0.15) is 38.4 Å². The molecule has 0 spiro atoms. The summed E-state index contributed by atoms with van der Waals surface area (Å²) in [5.41, 5.74) is 0.943. The maximum atomic E-state index is 12.2. The molecule has 1 aromatic heterocycles. The van der Waals surface area contributed by atoms with Crippen molar-refractivity contribution in [1.29, 1.82) is 0 Å². The fourth-order valence-electron chi connectivity index (χ4n) is 1.97. The quantitative estimate of drug-likeness (QED) is 0.935. The van der Waals surface area contributed by atoms with E-state index in [1.54, 1.807) is 17.0 Å². The van der Waals surface area contributed by atoms with Crippen molar-refractivity contribution in [3.05, 3.63) is 57.6 Å². The Kier molecular flexibility index (Phi) is 4.45. The highest BCUT2D eigenvalue weighted by atomic mass is 35.5. The Morgan fingerprint density at radius 2 is 1.85 bits per heavy atom. The molecule has 0 aliphatic rings. The van der Waals surface area contributed by atoms with E-state index in [2.05, 4.69) is 10.3 Å². The van der Waals surface area contributed by atoms with Gasteiger partial charge >= 0.3 is 0 Å². The normalized spacial score (nSPS) is 12.4. The minimum Gasteiger partial charge on any atom is -0.359 e. The molecule has 4 nitrogen and oxygen atoms in total. The predicted octanol–water partition coefficient (Wildman–Crippen LogP) is 3.65. The molecule has 0 radical (unpaired) electrons. The summed E-state index contributed by atoms with van der Waals surface area (Å²) in [6, 6.07) is 7.63. The summed E-state index contributed by atoms with van der Waals surface area (Å²) in [4.78, 5) is 16.4. The van der Waals surface area contributed by atoms with Crippen molar-refractivity contribution in [2.45, 2.75) is 32.9 Å². The van der Waals surface area contributed by atoms with Gasteiger partial charge in [-0.05, 0) is 38.5 Å². The second kappa shape index (κ2) is 6.09. The van der Waals surface area contributed by atoms with Crippen LogP contribution in [0.15, 0.2) is 41.5 Å². The maximum Gasteiger partial charge on any atom is 0.293 e. The summed E-state index contributed by atoms with van der Waals surface area (Å²) in [6.45, 7) is 5.92. The van der Waals surface area contributed by atoms with Gasteiger partial charge < -0.3 is 9.88 Å². The van der Waals surface area contributed by atoms with Gasteiger partial charge in [0.1, 0.15) is 0 Å². The Bertz CT molecular complexity index is 634. The van der Waals surface area contributed by atoms with Crippen LogP contribution in [0.4, 0.5) is 5.82 Å². The first kappa shape index (κ1) is 14.6. The molecule has 1 N–H and O–H groups in total. The smallest absolute Gasteiger partial charge is 0.293 e. The number of aromatic nitrogens is 2. The minimum atomic E-state index is -0.108. The van der Waals surface area contributed by atoms with Gasteiger partial charge in [-0.2, -0.15) is 0 Å². The monoisotopic (exact) mass is 291 g/mol. The van der Waals surface area contributed by atoms with Crippen LogP contribution in [-0.2, 0) is 0 Å². The lowest BCUT2D eigenvalue weighted by molar-refractivity contribution is 0.574. The molecule has 2 rings (SSSR count). The second-order valence-electron chi connectivity index (χ2n) is 5.00. The minimum absolute atomic E-state index is 0.0181. The van der Waals surface area contributed by atoms with Crippen LogP contribution >= 0.6 is 11.6 Å². The van der Waals surface area contributed by atoms with Gasteiger partial charge in [-0.25, -0.2) is 4.98 Å². The molecular weight excluding hydrogens is 274 g/mol. The maximum absolute atomic E-state index is 12.2. The Labute approximate surface area is 123 Å². The van der Waals surface area contributed by atoms with Crippen LogP contribution in [0.5, 0.6) is 0 Å². The van der Waals surface area contributed by atoms with Crippen molar-refractivity contribution in [1.82, 2.24) is 9.55 Å². The van der Waals surface area contributed by atoms with Crippen LogP contribution in [0, 0.1) is 0 Å². The third-order valence-corrected chi connectivity index (χ3v) is 3.40. The molecule has 1 heterocycles. The summed E-state index contributed by atoms with van der Waals surface area (Å²) in [5, 5.41) is 3.85. The van der Waals surface area contributed by atoms with Gasteiger partial charge in [-0.15, -0.1) is 0 Å². The van der Waals surface area contributed by atoms with E-state index >= 15 is 0 Å². The van der Waals surface area contributed by atoms with Gasteiger partial charge in [0, 0.05) is 23.5 Å². The number of hydrogen-bond acceptors (Lipinski definition) is 3. The van der Waals surface area contributed by atoms with E-state index in [1.165, 1.54) is 0 Å². The van der Waals surface area contributed by atoms with Gasteiger partial charge in [0.05, 0.1) is 6.04 Å². The highest BCUT2D eigenvalue weighted by molar-refractivity contribution is 6.30. The lowest BCUT2D eigenvalue weighted by Gasteiger charge is -2.16. The zero-order chi connectivity index (χ0) is 14.7. The Morgan fingerprint density at radius 3 is 2.45 bits per heavy atom. The summed E-state index contributed by atoms with van der Waals surface area (Å²) < 4.78 is 1.66. The highest BCUT2D eigenvalue weighted by Crippen LogP contribution is 2.18. The number of nitrogens with zero attached hydrogens (tertiary/aromatic N) is 2. The molecule has 0 amide bonds. The first-order valence-electron chi connectivity index (χ1n) is 6.58. The Hall–Kier alpha value is -1.81. The largest absolute Gasteiger partial charge is 0.359 e. The SMILES string of the molecule is CC(Nc1nccn(C(C)C)c1=O)c1ccc(Cl)cc1. The van der Waals surface area contributed by atoms with Gasteiger partial charge in [-0.1, -0.05) is 23.7 Å². The van der Waals surface area contributed by atoms with Crippen LogP contribution in [0.3, 0.4) is 0 Å². The van der Waals surface area contributed by atoms with Crippen LogP contribution in [0.2, 0.25) is 5.02 Å². The van der Waals surface area contributed by atoms with E-state index < -0.39 is 0 Å². The number of rotatable bonds is 4. The lowest BCUT2D eigenvalue weighted by Crippen LogP contribution is -2.26. The summed E-state index contributed by atoms with van der Waals surface area (Å²) in [7, 11) is 0. The van der Waals surface area contributed by atoms with Gasteiger partial charge in [0.2, 0.25) is 0 Å². The van der Waals surface area contributed by atoms with E-state index in [0.717, 1.165) is 5.56 Å². The zero-order valence-corrected chi connectivity index (χ0v) is 12.6. The molecule has 2 aromatic rings. The highest BCUT2D eigenvalue weighted by Gasteiger charge is 2.11. The van der Waals surface area contributed by atoms with Crippen molar-refractivity contribution in [2.75, 3.05) is 5.32 Å². The summed E-state index contributed by atoms with van der Waals surface area (Å²) in [5.74, 6) is 0.364. The average Bonchev–Trinajstić information content (AvgIpc) is 2.41. The molecule has 5 heteroatoms. The third kappa shape index (κ3) is 3.20. The second-order valence-corrected chi connectivity index (χ2v) is 5.44. The summed E-state index contributed by atoms with van der Waals surface area (Å²) in [6.07, 6.45) is 3.34. The molecule has 1 aromatic carbocycles. The molecule has 0 bridgehead atoms.